The third kappa shape index (κ3) is 4.94. The molecule has 4 nitrogen and oxygen atoms in total. The molecule has 0 unspecified atom stereocenters. The van der Waals surface area contributed by atoms with Gasteiger partial charge in [-0.15, -0.1) is 0 Å². The fourth-order valence-electron chi connectivity index (χ4n) is 1.58. The van der Waals surface area contributed by atoms with E-state index in [-0.39, 0.29) is 18.5 Å². The Morgan fingerprint density at radius 3 is 2.89 bits per heavy atom. The van der Waals surface area contributed by atoms with E-state index < -0.39 is 0 Å². The van der Waals surface area contributed by atoms with Crippen LogP contribution in [0.1, 0.15) is 12.5 Å². The van der Waals surface area contributed by atoms with Crippen molar-refractivity contribution in [3.63, 3.8) is 0 Å². The van der Waals surface area contributed by atoms with Gasteiger partial charge in [-0.1, -0.05) is 17.7 Å². The number of rotatable bonds is 6. The summed E-state index contributed by atoms with van der Waals surface area (Å²) in [6.07, 6.45) is 0. The standard InChI is InChI=1S/C13H19ClN2O2/c1-9-4-5-11(14)6-12(9)15-7-13(17)16-10(2)8-18-3/h4-6,10,15H,7-8H2,1-3H3,(H,16,17)/t10-/m1/s1. The quantitative estimate of drug-likeness (QED) is 0.833. The summed E-state index contributed by atoms with van der Waals surface area (Å²) in [5.74, 6) is -0.0704. The van der Waals surface area contributed by atoms with Crippen molar-refractivity contribution in [2.45, 2.75) is 19.9 Å². The molecule has 1 amide bonds. The van der Waals surface area contributed by atoms with Crippen molar-refractivity contribution in [2.75, 3.05) is 25.6 Å². The van der Waals surface area contributed by atoms with Gasteiger partial charge in [-0.05, 0) is 31.5 Å². The highest BCUT2D eigenvalue weighted by Gasteiger charge is 2.07. The van der Waals surface area contributed by atoms with Crippen LogP contribution < -0.4 is 10.6 Å². The minimum atomic E-state index is -0.0704. The number of halogens is 1. The van der Waals surface area contributed by atoms with Gasteiger partial charge in [0.1, 0.15) is 0 Å². The normalized spacial score (nSPS) is 12.0. The molecule has 0 aromatic heterocycles. The zero-order chi connectivity index (χ0) is 13.5. The van der Waals surface area contributed by atoms with Gasteiger partial charge in [0.25, 0.3) is 0 Å². The molecule has 0 aliphatic heterocycles. The second-order valence-electron chi connectivity index (χ2n) is 4.24. The Labute approximate surface area is 113 Å². The molecule has 0 heterocycles. The fraction of sp³-hybridized carbons (Fsp3) is 0.462. The first-order valence-corrected chi connectivity index (χ1v) is 6.19. The summed E-state index contributed by atoms with van der Waals surface area (Å²) >= 11 is 5.90. The molecule has 1 rings (SSSR count). The minimum Gasteiger partial charge on any atom is -0.383 e. The number of carbonyl (C=O) groups is 1. The molecule has 0 radical (unpaired) electrons. The molecular weight excluding hydrogens is 252 g/mol. The predicted octanol–water partition coefficient (Wildman–Crippen LogP) is 2.21. The number of aryl methyl sites for hydroxylation is 1. The van der Waals surface area contributed by atoms with Crippen molar-refractivity contribution in [1.82, 2.24) is 5.32 Å². The summed E-state index contributed by atoms with van der Waals surface area (Å²) < 4.78 is 4.95. The minimum absolute atomic E-state index is 0.00441. The summed E-state index contributed by atoms with van der Waals surface area (Å²) in [6.45, 7) is 4.58. The monoisotopic (exact) mass is 270 g/mol. The van der Waals surface area contributed by atoms with Crippen LogP contribution >= 0.6 is 11.6 Å². The van der Waals surface area contributed by atoms with Crippen LogP contribution in [0.15, 0.2) is 18.2 Å². The second-order valence-corrected chi connectivity index (χ2v) is 4.67. The Kier molecular flexibility index (Phi) is 5.95. The number of hydrogen-bond acceptors (Lipinski definition) is 3. The highest BCUT2D eigenvalue weighted by molar-refractivity contribution is 6.30. The van der Waals surface area contributed by atoms with E-state index in [1.54, 1.807) is 7.11 Å². The predicted molar refractivity (Wildman–Crippen MR) is 74.2 cm³/mol. The van der Waals surface area contributed by atoms with Crippen molar-refractivity contribution in [3.8, 4) is 0 Å². The molecular formula is C13H19ClN2O2. The third-order valence-corrected chi connectivity index (χ3v) is 2.70. The first-order valence-electron chi connectivity index (χ1n) is 5.81. The highest BCUT2D eigenvalue weighted by atomic mass is 35.5. The topological polar surface area (TPSA) is 50.4 Å². The molecule has 0 aliphatic rings. The maximum atomic E-state index is 11.6. The maximum Gasteiger partial charge on any atom is 0.239 e. The highest BCUT2D eigenvalue weighted by Crippen LogP contribution is 2.19. The number of amides is 1. The van der Waals surface area contributed by atoms with Gasteiger partial charge in [-0.3, -0.25) is 4.79 Å². The van der Waals surface area contributed by atoms with Crippen LogP contribution in [0.4, 0.5) is 5.69 Å². The van der Waals surface area contributed by atoms with Crippen molar-refractivity contribution in [1.29, 1.82) is 0 Å². The summed E-state index contributed by atoms with van der Waals surface area (Å²) in [5.41, 5.74) is 1.93. The van der Waals surface area contributed by atoms with Crippen LogP contribution in [0.25, 0.3) is 0 Å². The van der Waals surface area contributed by atoms with Gasteiger partial charge < -0.3 is 15.4 Å². The van der Waals surface area contributed by atoms with E-state index in [1.165, 1.54) is 0 Å². The Morgan fingerprint density at radius 2 is 2.22 bits per heavy atom. The number of benzene rings is 1. The van der Waals surface area contributed by atoms with Gasteiger partial charge in [0, 0.05) is 23.9 Å². The molecule has 0 spiro atoms. The average molecular weight is 271 g/mol. The lowest BCUT2D eigenvalue weighted by molar-refractivity contribution is -0.120. The smallest absolute Gasteiger partial charge is 0.239 e. The van der Waals surface area contributed by atoms with Crippen LogP contribution in [0.3, 0.4) is 0 Å². The second kappa shape index (κ2) is 7.24. The summed E-state index contributed by atoms with van der Waals surface area (Å²) in [5, 5.41) is 6.54. The van der Waals surface area contributed by atoms with E-state index in [0.29, 0.717) is 11.6 Å². The zero-order valence-corrected chi connectivity index (χ0v) is 11.7. The Hall–Kier alpha value is -1.26. The number of carbonyl (C=O) groups excluding carboxylic acids is 1. The van der Waals surface area contributed by atoms with Crippen LogP contribution in [0.5, 0.6) is 0 Å². The van der Waals surface area contributed by atoms with Crippen LogP contribution in [0.2, 0.25) is 5.02 Å². The Balaban J connectivity index is 2.45. The lowest BCUT2D eigenvalue weighted by Gasteiger charge is -2.14. The van der Waals surface area contributed by atoms with E-state index >= 15 is 0 Å². The summed E-state index contributed by atoms with van der Waals surface area (Å²) in [6, 6.07) is 5.55. The van der Waals surface area contributed by atoms with E-state index in [4.69, 9.17) is 16.3 Å². The number of methoxy groups -OCH3 is 1. The largest absolute Gasteiger partial charge is 0.383 e. The van der Waals surface area contributed by atoms with Gasteiger partial charge >= 0.3 is 0 Å². The van der Waals surface area contributed by atoms with Crippen LogP contribution in [0, 0.1) is 6.92 Å². The van der Waals surface area contributed by atoms with E-state index in [9.17, 15) is 4.79 Å². The molecule has 1 atom stereocenters. The lowest BCUT2D eigenvalue weighted by Crippen LogP contribution is -2.39. The van der Waals surface area contributed by atoms with Crippen molar-refractivity contribution < 1.29 is 9.53 Å². The van der Waals surface area contributed by atoms with Crippen molar-refractivity contribution in [3.05, 3.63) is 28.8 Å². The lowest BCUT2D eigenvalue weighted by atomic mass is 10.2. The van der Waals surface area contributed by atoms with E-state index in [1.807, 2.05) is 32.0 Å². The molecule has 100 valence electrons. The molecule has 0 fully saturated rings. The molecule has 1 aromatic carbocycles. The first-order chi connectivity index (χ1) is 8.52. The van der Waals surface area contributed by atoms with E-state index in [0.717, 1.165) is 11.3 Å². The van der Waals surface area contributed by atoms with Crippen molar-refractivity contribution >= 4 is 23.2 Å². The van der Waals surface area contributed by atoms with Gasteiger partial charge in [-0.25, -0.2) is 0 Å². The number of hydrogen-bond donors (Lipinski definition) is 2. The Bertz CT molecular complexity index is 410. The molecule has 2 N–H and O–H groups in total. The first kappa shape index (κ1) is 14.8. The number of anilines is 1. The molecule has 0 aliphatic carbocycles. The van der Waals surface area contributed by atoms with Crippen LogP contribution in [-0.2, 0) is 9.53 Å². The summed E-state index contributed by atoms with van der Waals surface area (Å²) in [7, 11) is 1.61. The Morgan fingerprint density at radius 1 is 1.50 bits per heavy atom. The maximum absolute atomic E-state index is 11.6. The molecule has 0 bridgehead atoms. The molecule has 0 saturated heterocycles. The van der Waals surface area contributed by atoms with Gasteiger partial charge in [0.05, 0.1) is 13.2 Å². The fourth-order valence-corrected chi connectivity index (χ4v) is 1.75. The number of nitrogens with one attached hydrogen (secondary N) is 2. The summed E-state index contributed by atoms with van der Waals surface area (Å²) in [4.78, 5) is 11.6. The van der Waals surface area contributed by atoms with Gasteiger partial charge in [0.15, 0.2) is 0 Å². The molecule has 5 heteroatoms. The zero-order valence-electron chi connectivity index (χ0n) is 10.9. The SMILES string of the molecule is COC[C@@H](C)NC(=O)CNc1cc(Cl)ccc1C. The number of ether oxygens (including phenoxy) is 1. The molecule has 1 aromatic rings. The van der Waals surface area contributed by atoms with Gasteiger partial charge in [0.2, 0.25) is 5.91 Å². The molecule has 18 heavy (non-hydrogen) atoms. The average Bonchev–Trinajstić information content (AvgIpc) is 2.30. The van der Waals surface area contributed by atoms with Crippen LogP contribution in [-0.4, -0.2) is 32.2 Å². The van der Waals surface area contributed by atoms with Gasteiger partial charge in [-0.2, -0.15) is 0 Å². The molecule has 0 saturated carbocycles. The van der Waals surface area contributed by atoms with Crippen molar-refractivity contribution in [2.24, 2.45) is 0 Å². The third-order valence-electron chi connectivity index (χ3n) is 2.46. The van der Waals surface area contributed by atoms with E-state index in [2.05, 4.69) is 10.6 Å².